The first-order valence-corrected chi connectivity index (χ1v) is 7.49. The van der Waals surface area contributed by atoms with Crippen LogP contribution in [0.3, 0.4) is 0 Å². The summed E-state index contributed by atoms with van der Waals surface area (Å²) in [6.07, 6.45) is 0. The Hall–Kier alpha value is -1.57. The summed E-state index contributed by atoms with van der Waals surface area (Å²) in [5.74, 6) is -0.125. The highest BCUT2D eigenvalue weighted by molar-refractivity contribution is 7.89. The minimum Gasteiger partial charge on any atom is -0.446 e. The fraction of sp³-hybridized carbons (Fsp3) is 0.167. The van der Waals surface area contributed by atoms with Crippen LogP contribution in [0.4, 0.5) is 10.1 Å². The molecule has 0 spiro atoms. The Bertz CT molecular complexity index is 715. The molecule has 2 aromatic rings. The van der Waals surface area contributed by atoms with Gasteiger partial charge in [0.05, 0.1) is 12.2 Å². The molecule has 2 N–H and O–H groups in total. The monoisotopic (exact) mass is 318 g/mol. The largest absolute Gasteiger partial charge is 0.446 e. The molecule has 0 saturated heterocycles. The van der Waals surface area contributed by atoms with Gasteiger partial charge in [0.25, 0.3) is 10.0 Å². The summed E-state index contributed by atoms with van der Waals surface area (Å²) < 4.78 is 43.8. The molecule has 0 radical (unpaired) electrons. The van der Waals surface area contributed by atoms with Crippen LogP contribution in [0.15, 0.2) is 39.8 Å². The van der Waals surface area contributed by atoms with E-state index in [2.05, 4.69) is 10.0 Å². The van der Waals surface area contributed by atoms with Gasteiger partial charge >= 0.3 is 0 Å². The van der Waals surface area contributed by atoms with Gasteiger partial charge < -0.3 is 9.73 Å². The SMILES string of the molecule is CNS(=O)(=O)c1ccc(CNc2ccc(Cl)cc2F)o1. The number of hydrogen-bond acceptors (Lipinski definition) is 4. The predicted octanol–water partition coefficient (Wildman–Crippen LogP) is 2.59. The van der Waals surface area contributed by atoms with E-state index in [1.807, 2.05) is 0 Å². The lowest BCUT2D eigenvalue weighted by molar-refractivity contribution is 0.417. The van der Waals surface area contributed by atoms with Crippen molar-refractivity contribution in [1.82, 2.24) is 4.72 Å². The summed E-state index contributed by atoms with van der Waals surface area (Å²) in [6, 6.07) is 7.06. The molecule has 0 atom stereocenters. The number of nitrogens with one attached hydrogen (secondary N) is 2. The van der Waals surface area contributed by atoms with Crippen molar-refractivity contribution in [2.24, 2.45) is 0 Å². The van der Waals surface area contributed by atoms with E-state index < -0.39 is 15.8 Å². The Morgan fingerprint density at radius 3 is 2.70 bits per heavy atom. The third-order valence-electron chi connectivity index (χ3n) is 2.55. The molecule has 0 aliphatic heterocycles. The van der Waals surface area contributed by atoms with Crippen LogP contribution in [0, 0.1) is 5.82 Å². The van der Waals surface area contributed by atoms with Gasteiger partial charge in [0, 0.05) is 5.02 Å². The van der Waals surface area contributed by atoms with Crippen LogP contribution in [0.1, 0.15) is 5.76 Å². The molecule has 2 rings (SSSR count). The third-order valence-corrected chi connectivity index (χ3v) is 4.08. The quantitative estimate of drug-likeness (QED) is 0.889. The number of rotatable bonds is 5. The number of furan rings is 1. The summed E-state index contributed by atoms with van der Waals surface area (Å²) in [7, 11) is -2.32. The lowest BCUT2D eigenvalue weighted by atomic mass is 10.3. The molecular formula is C12H12ClFN2O3S. The molecule has 0 fully saturated rings. The Balaban J connectivity index is 2.08. The van der Waals surface area contributed by atoms with E-state index in [9.17, 15) is 12.8 Å². The predicted molar refractivity (Wildman–Crippen MR) is 73.7 cm³/mol. The van der Waals surface area contributed by atoms with Gasteiger partial charge in [-0.2, -0.15) is 0 Å². The van der Waals surface area contributed by atoms with Gasteiger partial charge in [-0.25, -0.2) is 17.5 Å². The first kappa shape index (κ1) is 14.8. The molecule has 5 nitrogen and oxygen atoms in total. The minimum absolute atomic E-state index is 0.151. The van der Waals surface area contributed by atoms with Crippen LogP contribution in [0.2, 0.25) is 5.02 Å². The fourth-order valence-corrected chi connectivity index (χ4v) is 2.34. The molecule has 108 valence electrons. The summed E-state index contributed by atoms with van der Waals surface area (Å²) in [4.78, 5) is 0. The topological polar surface area (TPSA) is 71.3 Å². The molecule has 1 heterocycles. The van der Waals surface area contributed by atoms with Crippen LogP contribution < -0.4 is 10.0 Å². The Kier molecular flexibility index (Phi) is 4.32. The van der Waals surface area contributed by atoms with Crippen LogP contribution in [-0.4, -0.2) is 15.5 Å². The number of sulfonamides is 1. The van der Waals surface area contributed by atoms with Gasteiger partial charge in [0.1, 0.15) is 11.6 Å². The third kappa shape index (κ3) is 3.30. The first-order valence-electron chi connectivity index (χ1n) is 5.63. The normalized spacial score (nSPS) is 11.6. The highest BCUT2D eigenvalue weighted by atomic mass is 35.5. The second-order valence-corrected chi connectivity index (χ2v) is 6.16. The molecule has 20 heavy (non-hydrogen) atoms. The van der Waals surface area contributed by atoms with Gasteiger partial charge in [-0.15, -0.1) is 0 Å². The van der Waals surface area contributed by atoms with Crippen LogP contribution in [0.5, 0.6) is 0 Å². The number of benzene rings is 1. The van der Waals surface area contributed by atoms with Gasteiger partial charge in [-0.05, 0) is 37.4 Å². The van der Waals surface area contributed by atoms with Crippen molar-refractivity contribution in [2.75, 3.05) is 12.4 Å². The summed E-state index contributed by atoms with van der Waals surface area (Å²) in [5.41, 5.74) is 0.254. The lowest BCUT2D eigenvalue weighted by Crippen LogP contribution is -2.17. The fourth-order valence-electron chi connectivity index (χ4n) is 1.51. The highest BCUT2D eigenvalue weighted by Crippen LogP contribution is 2.20. The summed E-state index contributed by atoms with van der Waals surface area (Å²) in [5, 5.41) is 2.91. The molecule has 0 aliphatic carbocycles. The minimum atomic E-state index is -3.61. The highest BCUT2D eigenvalue weighted by Gasteiger charge is 2.16. The van der Waals surface area contributed by atoms with Crippen molar-refractivity contribution < 1.29 is 17.2 Å². The molecule has 1 aromatic carbocycles. The second kappa shape index (κ2) is 5.82. The van der Waals surface area contributed by atoms with Crippen molar-refractivity contribution in [1.29, 1.82) is 0 Å². The molecule has 0 unspecified atom stereocenters. The van der Waals surface area contributed by atoms with Crippen molar-refractivity contribution in [3.8, 4) is 0 Å². The van der Waals surface area contributed by atoms with Gasteiger partial charge in [-0.1, -0.05) is 11.6 Å². The second-order valence-electron chi connectivity index (χ2n) is 3.91. The standard InChI is InChI=1S/C12H12ClFN2O3S/c1-15-20(17,18)12-5-3-9(19-12)7-16-11-4-2-8(13)6-10(11)14/h2-6,15-16H,7H2,1H3. The first-order chi connectivity index (χ1) is 9.42. The van der Waals surface area contributed by atoms with Crippen LogP contribution in [-0.2, 0) is 16.6 Å². The van der Waals surface area contributed by atoms with Crippen molar-refractivity contribution in [3.05, 3.63) is 46.9 Å². The number of anilines is 1. The summed E-state index contributed by atoms with van der Waals surface area (Å²) >= 11 is 5.64. The molecule has 8 heteroatoms. The zero-order valence-electron chi connectivity index (χ0n) is 10.5. The van der Waals surface area contributed by atoms with Crippen LogP contribution in [0.25, 0.3) is 0 Å². The van der Waals surface area contributed by atoms with Crippen LogP contribution >= 0.6 is 11.6 Å². The number of hydrogen-bond donors (Lipinski definition) is 2. The van der Waals surface area contributed by atoms with Crippen molar-refractivity contribution in [3.63, 3.8) is 0 Å². The molecule has 0 amide bonds. The van der Waals surface area contributed by atoms with E-state index in [4.69, 9.17) is 16.0 Å². The van der Waals surface area contributed by atoms with Gasteiger partial charge in [-0.3, -0.25) is 0 Å². The van der Waals surface area contributed by atoms with E-state index in [0.717, 1.165) is 0 Å². The average molecular weight is 319 g/mol. The maximum atomic E-state index is 13.5. The Morgan fingerprint density at radius 1 is 1.30 bits per heavy atom. The van der Waals surface area contributed by atoms with E-state index in [1.54, 1.807) is 6.07 Å². The molecule has 0 aliphatic rings. The number of halogens is 2. The maximum absolute atomic E-state index is 13.5. The van der Waals surface area contributed by atoms with E-state index in [1.165, 1.54) is 31.3 Å². The maximum Gasteiger partial charge on any atom is 0.273 e. The van der Waals surface area contributed by atoms with Gasteiger partial charge in [0.2, 0.25) is 5.09 Å². The molecule has 1 aromatic heterocycles. The van der Waals surface area contributed by atoms with Crippen molar-refractivity contribution >= 4 is 27.3 Å². The van der Waals surface area contributed by atoms with E-state index in [-0.39, 0.29) is 17.3 Å². The Labute approximate surface area is 120 Å². The molecule has 0 saturated carbocycles. The zero-order chi connectivity index (χ0) is 14.8. The lowest BCUT2D eigenvalue weighted by Gasteiger charge is -2.06. The van der Waals surface area contributed by atoms with E-state index >= 15 is 0 Å². The van der Waals surface area contributed by atoms with Crippen molar-refractivity contribution in [2.45, 2.75) is 11.6 Å². The average Bonchev–Trinajstić information content (AvgIpc) is 2.87. The Morgan fingerprint density at radius 2 is 2.05 bits per heavy atom. The zero-order valence-corrected chi connectivity index (χ0v) is 12.1. The molecular weight excluding hydrogens is 307 g/mol. The van der Waals surface area contributed by atoms with Gasteiger partial charge in [0.15, 0.2) is 0 Å². The smallest absolute Gasteiger partial charge is 0.273 e. The summed E-state index contributed by atoms with van der Waals surface area (Å²) in [6.45, 7) is 0.151. The van der Waals surface area contributed by atoms with E-state index in [0.29, 0.717) is 10.8 Å². The molecule has 0 bridgehead atoms.